The van der Waals surface area contributed by atoms with E-state index in [4.69, 9.17) is 4.74 Å². The lowest BCUT2D eigenvalue weighted by Crippen LogP contribution is -2.54. The topological polar surface area (TPSA) is 42.4 Å². The number of fused-ring (bicyclic) bond motifs is 1. The molecule has 0 spiro atoms. The number of pyridine rings is 1. The second kappa shape index (κ2) is 7.27. The third-order valence-electron chi connectivity index (χ3n) is 4.26. The van der Waals surface area contributed by atoms with Crippen LogP contribution in [0, 0.1) is 0 Å². The largest absolute Gasteiger partial charge is 0.374 e. The van der Waals surface area contributed by atoms with Crippen LogP contribution in [0.4, 0.5) is 0 Å². The van der Waals surface area contributed by atoms with E-state index in [1.807, 2.05) is 18.2 Å². The van der Waals surface area contributed by atoms with Gasteiger partial charge in [0, 0.05) is 24.9 Å². The maximum Gasteiger partial charge on any atom is 0.223 e. The Balaban J connectivity index is 1.50. The van der Waals surface area contributed by atoms with Crippen molar-refractivity contribution in [1.29, 1.82) is 0 Å². The van der Waals surface area contributed by atoms with Crippen LogP contribution in [0.2, 0.25) is 0 Å². The van der Waals surface area contributed by atoms with Crippen molar-refractivity contribution in [2.45, 2.75) is 49.3 Å². The van der Waals surface area contributed by atoms with Crippen molar-refractivity contribution in [2.24, 2.45) is 0 Å². The van der Waals surface area contributed by atoms with Crippen LogP contribution in [0.15, 0.2) is 29.4 Å². The zero-order chi connectivity index (χ0) is 14.5. The standard InChI is InChI=1S/C16H22N2O2S/c19-16(8-12-21-15-7-3-4-9-17-15)18-10-11-20-14-6-2-1-5-13(14)18/h3-4,7,9,13-14H,1-2,5-6,8,10-12H2/t13-,14+/m1/s1. The zero-order valence-corrected chi connectivity index (χ0v) is 13.1. The lowest BCUT2D eigenvalue weighted by Gasteiger charge is -2.43. The Bertz CT molecular complexity index is 467. The van der Waals surface area contributed by atoms with E-state index in [-0.39, 0.29) is 12.0 Å². The molecule has 0 bridgehead atoms. The second-order valence-corrected chi connectivity index (χ2v) is 6.73. The first kappa shape index (κ1) is 14.9. The molecule has 1 aliphatic carbocycles. The van der Waals surface area contributed by atoms with Crippen molar-refractivity contribution in [1.82, 2.24) is 9.88 Å². The minimum absolute atomic E-state index is 0.277. The first-order valence-electron chi connectivity index (χ1n) is 7.79. The van der Waals surface area contributed by atoms with Crippen LogP contribution in [0.5, 0.6) is 0 Å². The number of rotatable bonds is 4. The molecule has 3 rings (SSSR count). The van der Waals surface area contributed by atoms with Gasteiger partial charge in [-0.05, 0) is 25.0 Å². The summed E-state index contributed by atoms with van der Waals surface area (Å²) in [4.78, 5) is 18.8. The van der Waals surface area contributed by atoms with E-state index in [1.54, 1.807) is 18.0 Å². The van der Waals surface area contributed by atoms with Crippen LogP contribution in [-0.2, 0) is 9.53 Å². The summed E-state index contributed by atoms with van der Waals surface area (Å²) in [6.07, 6.45) is 7.32. The van der Waals surface area contributed by atoms with Crippen molar-refractivity contribution in [2.75, 3.05) is 18.9 Å². The van der Waals surface area contributed by atoms with E-state index in [0.29, 0.717) is 19.1 Å². The van der Waals surface area contributed by atoms with Crippen molar-refractivity contribution >= 4 is 17.7 Å². The summed E-state index contributed by atoms with van der Waals surface area (Å²) < 4.78 is 5.83. The molecule has 1 amide bonds. The molecule has 0 radical (unpaired) electrons. The first-order chi connectivity index (χ1) is 10.3. The molecular formula is C16H22N2O2S. The molecule has 2 aliphatic rings. The Morgan fingerprint density at radius 1 is 1.38 bits per heavy atom. The van der Waals surface area contributed by atoms with Gasteiger partial charge in [0.05, 0.1) is 23.8 Å². The van der Waals surface area contributed by atoms with Crippen molar-refractivity contribution in [3.8, 4) is 0 Å². The average molecular weight is 306 g/mol. The molecule has 1 saturated carbocycles. The third-order valence-corrected chi connectivity index (χ3v) is 5.20. The fourth-order valence-electron chi connectivity index (χ4n) is 3.23. The van der Waals surface area contributed by atoms with E-state index < -0.39 is 0 Å². The molecule has 2 atom stereocenters. The highest BCUT2D eigenvalue weighted by Gasteiger charge is 2.36. The fraction of sp³-hybridized carbons (Fsp3) is 0.625. The van der Waals surface area contributed by atoms with Gasteiger partial charge in [-0.3, -0.25) is 4.79 Å². The minimum atomic E-state index is 0.277. The number of morpholine rings is 1. The SMILES string of the molecule is O=C(CCSc1ccccn1)N1CCO[C@H]2CCCC[C@H]21. The molecule has 5 heteroatoms. The molecule has 4 nitrogen and oxygen atoms in total. The Kier molecular flexibility index (Phi) is 5.14. The molecule has 2 fully saturated rings. The van der Waals surface area contributed by atoms with E-state index in [0.717, 1.165) is 30.2 Å². The lowest BCUT2D eigenvalue weighted by molar-refractivity contribution is -0.149. The van der Waals surface area contributed by atoms with Gasteiger partial charge in [-0.15, -0.1) is 11.8 Å². The molecule has 1 saturated heterocycles. The fourth-order valence-corrected chi connectivity index (χ4v) is 4.02. The molecule has 0 N–H and O–H groups in total. The Labute approximate surface area is 130 Å². The molecular weight excluding hydrogens is 284 g/mol. The maximum atomic E-state index is 12.5. The number of hydrogen-bond acceptors (Lipinski definition) is 4. The van der Waals surface area contributed by atoms with Gasteiger partial charge in [0.15, 0.2) is 0 Å². The molecule has 2 heterocycles. The Morgan fingerprint density at radius 2 is 2.29 bits per heavy atom. The van der Waals surface area contributed by atoms with Gasteiger partial charge in [0.1, 0.15) is 0 Å². The summed E-state index contributed by atoms with van der Waals surface area (Å²) in [5.74, 6) is 1.07. The van der Waals surface area contributed by atoms with Gasteiger partial charge in [-0.2, -0.15) is 0 Å². The predicted octanol–water partition coefficient (Wildman–Crippen LogP) is 2.73. The number of amides is 1. The number of thioether (sulfide) groups is 1. The molecule has 114 valence electrons. The summed E-state index contributed by atoms with van der Waals surface area (Å²) >= 11 is 1.65. The van der Waals surface area contributed by atoms with Crippen molar-refractivity contribution in [3.05, 3.63) is 24.4 Å². The number of nitrogens with zero attached hydrogens (tertiary/aromatic N) is 2. The van der Waals surface area contributed by atoms with Crippen LogP contribution in [0.1, 0.15) is 32.1 Å². The van der Waals surface area contributed by atoms with Gasteiger partial charge in [0.2, 0.25) is 5.91 Å². The molecule has 0 unspecified atom stereocenters. The average Bonchev–Trinajstić information content (AvgIpc) is 2.55. The maximum absolute atomic E-state index is 12.5. The molecule has 1 aromatic rings. The molecule has 21 heavy (non-hydrogen) atoms. The highest BCUT2D eigenvalue weighted by atomic mass is 32.2. The van der Waals surface area contributed by atoms with Gasteiger partial charge < -0.3 is 9.64 Å². The van der Waals surface area contributed by atoms with E-state index in [1.165, 1.54) is 12.8 Å². The summed E-state index contributed by atoms with van der Waals surface area (Å²) in [5, 5.41) is 0.989. The first-order valence-corrected chi connectivity index (χ1v) is 8.78. The number of aromatic nitrogens is 1. The van der Waals surface area contributed by atoms with Crippen LogP contribution < -0.4 is 0 Å². The Morgan fingerprint density at radius 3 is 3.14 bits per heavy atom. The molecule has 1 aromatic heterocycles. The highest BCUT2D eigenvalue weighted by molar-refractivity contribution is 7.99. The van der Waals surface area contributed by atoms with Gasteiger partial charge in [0.25, 0.3) is 0 Å². The van der Waals surface area contributed by atoms with Crippen LogP contribution >= 0.6 is 11.8 Å². The molecule has 1 aliphatic heterocycles. The smallest absolute Gasteiger partial charge is 0.223 e. The summed E-state index contributed by atoms with van der Waals surface area (Å²) in [6, 6.07) is 6.19. The van der Waals surface area contributed by atoms with E-state index in [2.05, 4.69) is 9.88 Å². The summed E-state index contributed by atoms with van der Waals surface area (Å²) in [7, 11) is 0. The van der Waals surface area contributed by atoms with Gasteiger partial charge >= 0.3 is 0 Å². The van der Waals surface area contributed by atoms with Crippen molar-refractivity contribution < 1.29 is 9.53 Å². The summed E-state index contributed by atoms with van der Waals surface area (Å²) in [6.45, 7) is 1.45. The van der Waals surface area contributed by atoms with E-state index >= 15 is 0 Å². The number of ether oxygens (including phenoxy) is 1. The number of hydrogen-bond donors (Lipinski definition) is 0. The third kappa shape index (κ3) is 3.77. The summed E-state index contributed by atoms with van der Waals surface area (Å²) in [5.41, 5.74) is 0. The van der Waals surface area contributed by atoms with E-state index in [9.17, 15) is 4.79 Å². The lowest BCUT2D eigenvalue weighted by atomic mass is 9.90. The normalized spacial score (nSPS) is 25.4. The number of carbonyl (C=O) groups is 1. The zero-order valence-electron chi connectivity index (χ0n) is 12.2. The van der Waals surface area contributed by atoms with Crippen LogP contribution in [-0.4, -0.2) is 46.8 Å². The second-order valence-electron chi connectivity index (χ2n) is 5.61. The number of carbonyl (C=O) groups excluding carboxylic acids is 1. The Hall–Kier alpha value is -1.07. The van der Waals surface area contributed by atoms with Crippen molar-refractivity contribution in [3.63, 3.8) is 0 Å². The predicted molar refractivity (Wildman–Crippen MR) is 83.3 cm³/mol. The molecule has 0 aromatic carbocycles. The highest BCUT2D eigenvalue weighted by Crippen LogP contribution is 2.29. The quantitative estimate of drug-likeness (QED) is 0.802. The monoisotopic (exact) mass is 306 g/mol. The van der Waals surface area contributed by atoms with Gasteiger partial charge in [-0.1, -0.05) is 18.9 Å². The van der Waals surface area contributed by atoms with Crippen LogP contribution in [0.25, 0.3) is 0 Å². The van der Waals surface area contributed by atoms with Gasteiger partial charge in [-0.25, -0.2) is 4.98 Å². The minimum Gasteiger partial charge on any atom is -0.374 e. The van der Waals surface area contributed by atoms with Crippen LogP contribution in [0.3, 0.4) is 0 Å².